The maximum absolute atomic E-state index is 13.2. The number of halogens is 1. The second kappa shape index (κ2) is 5.66. The summed E-state index contributed by atoms with van der Waals surface area (Å²) in [7, 11) is 0. The van der Waals surface area contributed by atoms with Crippen LogP contribution in [0.1, 0.15) is 16.8 Å². The van der Waals surface area contributed by atoms with E-state index in [-0.39, 0.29) is 23.8 Å². The van der Waals surface area contributed by atoms with E-state index in [1.54, 1.807) is 17.0 Å². The lowest BCUT2D eigenvalue weighted by Gasteiger charge is -2.40. The van der Waals surface area contributed by atoms with Crippen LogP contribution in [0.2, 0.25) is 0 Å². The number of carbonyl (C=O) groups excluding carboxylic acids is 1. The van der Waals surface area contributed by atoms with Gasteiger partial charge in [-0.05, 0) is 42.8 Å². The van der Waals surface area contributed by atoms with Crippen LogP contribution in [0.25, 0.3) is 0 Å². The number of hydrogen-bond donors (Lipinski definition) is 1. The van der Waals surface area contributed by atoms with Crippen molar-refractivity contribution in [2.75, 3.05) is 23.4 Å². The number of para-hydroxylation sites is 1. The van der Waals surface area contributed by atoms with Crippen LogP contribution in [0.4, 0.5) is 15.8 Å². The third-order valence-electron chi connectivity index (χ3n) is 4.47. The summed E-state index contributed by atoms with van der Waals surface area (Å²) >= 11 is 0. The molecule has 2 aliphatic heterocycles. The van der Waals surface area contributed by atoms with Crippen LogP contribution in [0.15, 0.2) is 48.5 Å². The van der Waals surface area contributed by atoms with E-state index in [1.807, 2.05) is 24.3 Å². The predicted molar refractivity (Wildman–Crippen MR) is 86.0 cm³/mol. The van der Waals surface area contributed by atoms with E-state index >= 15 is 0 Å². The molecule has 1 fully saturated rings. The van der Waals surface area contributed by atoms with Crippen LogP contribution in [0.5, 0.6) is 0 Å². The fraction of sp³-hybridized carbons (Fsp3) is 0.278. The Labute approximate surface area is 133 Å². The molecule has 2 aromatic carbocycles. The van der Waals surface area contributed by atoms with E-state index in [1.165, 1.54) is 12.1 Å². The quantitative estimate of drug-likeness (QED) is 0.925. The van der Waals surface area contributed by atoms with Crippen molar-refractivity contribution in [1.82, 2.24) is 0 Å². The highest BCUT2D eigenvalue weighted by Gasteiger charge is 2.38. The number of hydrogen-bond acceptors (Lipinski definition) is 3. The number of benzene rings is 2. The first-order valence-corrected chi connectivity index (χ1v) is 7.76. The van der Waals surface area contributed by atoms with E-state index in [2.05, 4.69) is 5.32 Å². The van der Waals surface area contributed by atoms with Gasteiger partial charge in [0.25, 0.3) is 5.91 Å². The van der Waals surface area contributed by atoms with Crippen molar-refractivity contribution in [3.63, 3.8) is 0 Å². The third kappa shape index (κ3) is 2.47. The number of amides is 1. The molecular formula is C18H17FN2O2. The molecule has 4 rings (SSSR count). The molecule has 5 heteroatoms. The summed E-state index contributed by atoms with van der Waals surface area (Å²) < 4.78 is 18.7. The molecule has 0 bridgehead atoms. The highest BCUT2D eigenvalue weighted by molar-refractivity contribution is 6.12. The van der Waals surface area contributed by atoms with Crippen LogP contribution < -0.4 is 10.2 Å². The Morgan fingerprint density at radius 2 is 1.91 bits per heavy atom. The van der Waals surface area contributed by atoms with Crippen LogP contribution in [0, 0.1) is 11.7 Å². The van der Waals surface area contributed by atoms with Gasteiger partial charge in [0.1, 0.15) is 12.0 Å². The van der Waals surface area contributed by atoms with Crippen LogP contribution >= 0.6 is 0 Å². The first-order valence-electron chi connectivity index (χ1n) is 7.76. The summed E-state index contributed by atoms with van der Waals surface area (Å²) in [6, 6.07) is 13.5. The number of ether oxygens (including phenoxy) is 1. The lowest BCUT2D eigenvalue weighted by atomic mass is 9.98. The van der Waals surface area contributed by atoms with E-state index in [0.717, 1.165) is 12.1 Å². The van der Waals surface area contributed by atoms with E-state index in [0.29, 0.717) is 24.5 Å². The van der Waals surface area contributed by atoms with Gasteiger partial charge in [-0.25, -0.2) is 4.39 Å². The fourth-order valence-corrected chi connectivity index (χ4v) is 3.29. The number of anilines is 2. The number of fused-ring (bicyclic) bond motifs is 1. The number of nitrogens with zero attached hydrogens (tertiary/aromatic N) is 1. The number of nitrogens with one attached hydrogen (secondary N) is 1. The molecule has 0 aliphatic carbocycles. The Balaban J connectivity index is 1.78. The summed E-state index contributed by atoms with van der Waals surface area (Å²) in [5.41, 5.74) is 2.16. The fourth-order valence-electron chi connectivity index (χ4n) is 3.29. The average Bonchev–Trinajstić information content (AvgIpc) is 3.10. The first-order chi connectivity index (χ1) is 11.2. The van der Waals surface area contributed by atoms with Gasteiger partial charge >= 0.3 is 0 Å². The summed E-state index contributed by atoms with van der Waals surface area (Å²) in [6.45, 7) is 1.32. The first kappa shape index (κ1) is 14.2. The van der Waals surface area contributed by atoms with Crippen molar-refractivity contribution >= 4 is 17.3 Å². The monoisotopic (exact) mass is 312 g/mol. The zero-order chi connectivity index (χ0) is 15.8. The zero-order valence-electron chi connectivity index (χ0n) is 12.5. The molecule has 2 aliphatic rings. The summed E-state index contributed by atoms with van der Waals surface area (Å²) in [4.78, 5) is 14.7. The maximum atomic E-state index is 13.2. The zero-order valence-corrected chi connectivity index (χ0v) is 12.5. The molecule has 1 N–H and O–H groups in total. The Morgan fingerprint density at radius 1 is 1.13 bits per heavy atom. The molecule has 2 atom stereocenters. The van der Waals surface area contributed by atoms with Crippen molar-refractivity contribution in [3.8, 4) is 0 Å². The maximum Gasteiger partial charge on any atom is 0.262 e. The Morgan fingerprint density at radius 3 is 2.65 bits per heavy atom. The molecule has 2 aromatic rings. The minimum Gasteiger partial charge on any atom is -0.381 e. The Kier molecular flexibility index (Phi) is 3.50. The van der Waals surface area contributed by atoms with Crippen LogP contribution in [-0.4, -0.2) is 25.3 Å². The normalized spacial score (nSPS) is 23.5. The van der Waals surface area contributed by atoms with Gasteiger partial charge in [-0.3, -0.25) is 9.69 Å². The highest BCUT2D eigenvalue weighted by atomic mass is 19.1. The van der Waals surface area contributed by atoms with Gasteiger partial charge in [0, 0.05) is 23.9 Å². The van der Waals surface area contributed by atoms with Gasteiger partial charge in [0.15, 0.2) is 0 Å². The van der Waals surface area contributed by atoms with Crippen molar-refractivity contribution in [2.24, 2.45) is 5.92 Å². The van der Waals surface area contributed by atoms with Gasteiger partial charge in [-0.15, -0.1) is 0 Å². The summed E-state index contributed by atoms with van der Waals surface area (Å²) in [6.07, 6.45) is 0.704. The molecule has 1 amide bonds. The molecule has 118 valence electrons. The van der Waals surface area contributed by atoms with Crippen LogP contribution in [0.3, 0.4) is 0 Å². The van der Waals surface area contributed by atoms with E-state index < -0.39 is 0 Å². The molecule has 0 aromatic heterocycles. The molecule has 1 saturated heterocycles. The number of rotatable bonds is 2. The van der Waals surface area contributed by atoms with E-state index in [9.17, 15) is 9.18 Å². The van der Waals surface area contributed by atoms with E-state index in [4.69, 9.17) is 4.74 Å². The largest absolute Gasteiger partial charge is 0.381 e. The van der Waals surface area contributed by atoms with Crippen molar-refractivity contribution in [3.05, 3.63) is 59.9 Å². The average molecular weight is 312 g/mol. The van der Waals surface area contributed by atoms with Gasteiger partial charge in [-0.1, -0.05) is 12.1 Å². The standard InChI is InChI=1S/C18H17FN2O2/c19-13-5-7-14(8-6-13)21-17(12-9-10-23-11-12)20-16-4-2-1-3-15(16)18(21)22/h1-8,12,17,20H,9-11H2/t12-,17-/m1/s1. The van der Waals surface area contributed by atoms with Crippen molar-refractivity contribution < 1.29 is 13.9 Å². The molecule has 23 heavy (non-hydrogen) atoms. The molecule has 0 radical (unpaired) electrons. The lowest BCUT2D eigenvalue weighted by Crippen LogP contribution is -2.53. The number of carbonyl (C=O) groups is 1. The summed E-state index contributed by atoms with van der Waals surface area (Å²) in [5, 5.41) is 3.46. The highest BCUT2D eigenvalue weighted by Crippen LogP contribution is 2.34. The smallest absolute Gasteiger partial charge is 0.262 e. The van der Waals surface area contributed by atoms with Gasteiger partial charge in [-0.2, -0.15) is 0 Å². The van der Waals surface area contributed by atoms with Crippen LogP contribution in [-0.2, 0) is 4.74 Å². The van der Waals surface area contributed by atoms with Crippen molar-refractivity contribution in [1.29, 1.82) is 0 Å². The molecule has 4 nitrogen and oxygen atoms in total. The summed E-state index contributed by atoms with van der Waals surface area (Å²) in [5.74, 6) is -0.174. The SMILES string of the molecule is O=C1c2ccccc2N[C@@H]([C@@H]2CCOC2)N1c1ccc(F)cc1. The second-order valence-corrected chi connectivity index (χ2v) is 5.91. The Hall–Kier alpha value is -2.40. The third-order valence-corrected chi connectivity index (χ3v) is 4.47. The lowest BCUT2D eigenvalue weighted by molar-refractivity contribution is 0.0963. The van der Waals surface area contributed by atoms with Gasteiger partial charge in [0.05, 0.1) is 12.2 Å². The predicted octanol–water partition coefficient (Wildman–Crippen LogP) is 3.26. The molecular weight excluding hydrogens is 295 g/mol. The molecule has 0 saturated carbocycles. The minimum absolute atomic E-state index is 0.0668. The molecule has 2 heterocycles. The van der Waals surface area contributed by atoms with Gasteiger partial charge in [0.2, 0.25) is 0 Å². The molecule has 0 unspecified atom stereocenters. The molecule has 0 spiro atoms. The van der Waals surface area contributed by atoms with Gasteiger partial charge < -0.3 is 10.1 Å². The minimum atomic E-state index is -0.313. The Bertz CT molecular complexity index is 726. The van der Waals surface area contributed by atoms with Crippen molar-refractivity contribution in [2.45, 2.75) is 12.6 Å². The topological polar surface area (TPSA) is 41.6 Å². The second-order valence-electron chi connectivity index (χ2n) is 5.91.